The number of ether oxygens (including phenoxy) is 1. The third-order valence-electron chi connectivity index (χ3n) is 5.63. The van der Waals surface area contributed by atoms with Crippen molar-refractivity contribution in [3.05, 3.63) is 23.8 Å². The monoisotopic (exact) mass is 408 g/mol. The number of nitrogens with one attached hydrogen (secondary N) is 1. The van der Waals surface area contributed by atoms with Crippen molar-refractivity contribution in [1.29, 1.82) is 0 Å². The fourth-order valence-corrected chi connectivity index (χ4v) is 3.97. The minimum absolute atomic E-state index is 0.127. The molecular weight excluding hydrogens is 382 g/mol. The number of benzene rings is 1. The average Bonchev–Trinajstić information content (AvgIpc) is 3.61. The van der Waals surface area contributed by atoms with Crippen molar-refractivity contribution >= 4 is 23.2 Å². The van der Waals surface area contributed by atoms with Gasteiger partial charge in [0.15, 0.2) is 0 Å². The standard InChI is InChI=1S/C20H26F2N4O3/c21-19(22)15-9-12(1-6-16(15)25-7-8-29-11-18(25)27)24-20(28)17(10-23)26(13-2-3-13)14-4-5-14/h1,6,9,13-14,17,19H,2-5,7-8,10-11,23H2,(H,24,28)/t17-/m0/s1. The van der Waals surface area contributed by atoms with Crippen LogP contribution in [0.25, 0.3) is 0 Å². The van der Waals surface area contributed by atoms with Gasteiger partial charge in [0.25, 0.3) is 12.3 Å². The zero-order valence-corrected chi connectivity index (χ0v) is 16.2. The number of anilines is 2. The maximum atomic E-state index is 13.7. The van der Waals surface area contributed by atoms with Gasteiger partial charge in [-0.3, -0.25) is 14.5 Å². The first-order valence-corrected chi connectivity index (χ1v) is 10.1. The van der Waals surface area contributed by atoms with E-state index in [9.17, 15) is 18.4 Å². The number of carbonyl (C=O) groups is 2. The lowest BCUT2D eigenvalue weighted by atomic mass is 10.1. The molecule has 2 aliphatic carbocycles. The third-order valence-corrected chi connectivity index (χ3v) is 5.63. The van der Waals surface area contributed by atoms with Crippen LogP contribution in [-0.4, -0.2) is 61.1 Å². The molecule has 0 bridgehead atoms. The van der Waals surface area contributed by atoms with Crippen LogP contribution in [0, 0.1) is 0 Å². The molecule has 3 aliphatic rings. The molecule has 2 saturated carbocycles. The van der Waals surface area contributed by atoms with E-state index in [1.807, 2.05) is 0 Å². The molecule has 4 rings (SSSR count). The highest BCUT2D eigenvalue weighted by molar-refractivity contribution is 5.98. The molecule has 0 spiro atoms. The Balaban J connectivity index is 1.52. The average molecular weight is 408 g/mol. The molecule has 7 nitrogen and oxygen atoms in total. The molecule has 1 aliphatic heterocycles. The van der Waals surface area contributed by atoms with Gasteiger partial charge in [-0.2, -0.15) is 0 Å². The van der Waals surface area contributed by atoms with E-state index in [-0.39, 0.29) is 48.4 Å². The summed E-state index contributed by atoms with van der Waals surface area (Å²) in [6, 6.07) is 4.57. The Labute approximate surface area is 168 Å². The van der Waals surface area contributed by atoms with Crippen LogP contribution >= 0.6 is 0 Å². The van der Waals surface area contributed by atoms with Crippen LogP contribution in [-0.2, 0) is 14.3 Å². The summed E-state index contributed by atoms with van der Waals surface area (Å²) < 4.78 is 32.5. The number of hydrogen-bond donors (Lipinski definition) is 2. The normalized spacial score (nSPS) is 21.0. The van der Waals surface area contributed by atoms with E-state index in [0.717, 1.165) is 25.7 Å². The Bertz CT molecular complexity index is 771. The summed E-state index contributed by atoms with van der Waals surface area (Å²) in [5, 5.41) is 2.75. The lowest BCUT2D eigenvalue weighted by molar-refractivity contribution is -0.125. The van der Waals surface area contributed by atoms with Gasteiger partial charge in [0, 0.05) is 36.4 Å². The minimum atomic E-state index is -2.78. The van der Waals surface area contributed by atoms with Crippen LogP contribution < -0.4 is 16.0 Å². The van der Waals surface area contributed by atoms with Crippen LogP contribution in [0.1, 0.15) is 37.7 Å². The molecule has 1 heterocycles. The van der Waals surface area contributed by atoms with E-state index in [4.69, 9.17) is 10.5 Å². The fourth-order valence-electron chi connectivity index (χ4n) is 3.97. The number of morpholine rings is 1. The molecule has 29 heavy (non-hydrogen) atoms. The number of carbonyl (C=O) groups excluding carboxylic acids is 2. The molecule has 1 saturated heterocycles. The van der Waals surface area contributed by atoms with E-state index >= 15 is 0 Å². The first-order valence-electron chi connectivity index (χ1n) is 10.1. The highest BCUT2D eigenvalue weighted by Crippen LogP contribution is 2.39. The van der Waals surface area contributed by atoms with Gasteiger partial charge in [0.05, 0.1) is 12.3 Å². The summed E-state index contributed by atoms with van der Waals surface area (Å²) in [6.07, 6.45) is 1.49. The predicted molar refractivity (Wildman–Crippen MR) is 104 cm³/mol. The molecule has 0 aromatic heterocycles. The molecule has 0 unspecified atom stereocenters. The number of amides is 2. The van der Waals surface area contributed by atoms with Gasteiger partial charge in [-0.15, -0.1) is 0 Å². The van der Waals surface area contributed by atoms with Crippen LogP contribution in [0.2, 0.25) is 0 Å². The van der Waals surface area contributed by atoms with E-state index < -0.39 is 12.5 Å². The topological polar surface area (TPSA) is 87.9 Å². The van der Waals surface area contributed by atoms with Crippen LogP contribution in [0.15, 0.2) is 18.2 Å². The molecule has 1 aromatic carbocycles. The van der Waals surface area contributed by atoms with Crippen molar-refractivity contribution in [1.82, 2.24) is 4.90 Å². The van der Waals surface area contributed by atoms with Gasteiger partial charge in [-0.25, -0.2) is 8.78 Å². The zero-order valence-electron chi connectivity index (χ0n) is 16.2. The number of halogens is 2. The third kappa shape index (κ3) is 4.41. The van der Waals surface area contributed by atoms with Crippen LogP contribution in [0.4, 0.5) is 20.2 Å². The van der Waals surface area contributed by atoms with E-state index in [0.29, 0.717) is 18.7 Å². The Morgan fingerprint density at radius 3 is 2.52 bits per heavy atom. The molecule has 9 heteroatoms. The number of hydrogen-bond acceptors (Lipinski definition) is 5. The summed E-state index contributed by atoms with van der Waals surface area (Å²) in [5.74, 6) is -0.635. The molecule has 1 atom stereocenters. The second-order valence-corrected chi connectivity index (χ2v) is 7.82. The highest BCUT2D eigenvalue weighted by Gasteiger charge is 2.44. The van der Waals surface area contributed by atoms with Gasteiger partial charge in [-0.05, 0) is 43.9 Å². The molecule has 158 valence electrons. The van der Waals surface area contributed by atoms with Crippen LogP contribution in [0.5, 0.6) is 0 Å². The Kier molecular flexibility index (Phi) is 5.80. The fraction of sp³-hybridized carbons (Fsp3) is 0.600. The van der Waals surface area contributed by atoms with E-state index in [1.165, 1.54) is 17.0 Å². The van der Waals surface area contributed by atoms with Crippen LogP contribution in [0.3, 0.4) is 0 Å². The molecule has 3 fully saturated rings. The van der Waals surface area contributed by atoms with Gasteiger partial charge in [0.1, 0.15) is 12.6 Å². The summed E-state index contributed by atoms with van der Waals surface area (Å²) >= 11 is 0. The van der Waals surface area contributed by atoms with E-state index in [1.54, 1.807) is 6.07 Å². The van der Waals surface area contributed by atoms with E-state index in [2.05, 4.69) is 10.2 Å². The summed E-state index contributed by atoms with van der Waals surface area (Å²) in [4.78, 5) is 28.4. The summed E-state index contributed by atoms with van der Waals surface area (Å²) in [6.45, 7) is 0.568. The van der Waals surface area contributed by atoms with Crippen molar-refractivity contribution in [2.75, 3.05) is 36.5 Å². The SMILES string of the molecule is NC[C@@H](C(=O)Nc1ccc(N2CCOCC2=O)c(C(F)F)c1)N(C1CC1)C1CC1. The van der Waals surface area contributed by atoms with Crippen molar-refractivity contribution in [2.45, 2.75) is 50.2 Å². The van der Waals surface area contributed by atoms with Gasteiger partial charge in [0.2, 0.25) is 5.91 Å². The van der Waals surface area contributed by atoms with Gasteiger partial charge in [-0.1, -0.05) is 0 Å². The predicted octanol–water partition coefficient (Wildman–Crippen LogP) is 1.88. The van der Waals surface area contributed by atoms with Gasteiger partial charge < -0.3 is 20.7 Å². The Hall–Kier alpha value is -2.10. The van der Waals surface area contributed by atoms with Crippen molar-refractivity contribution in [2.24, 2.45) is 5.73 Å². The molecule has 1 aromatic rings. The number of alkyl halides is 2. The Morgan fingerprint density at radius 2 is 1.97 bits per heavy atom. The van der Waals surface area contributed by atoms with Crippen molar-refractivity contribution in [3.8, 4) is 0 Å². The second-order valence-electron chi connectivity index (χ2n) is 7.82. The second kappa shape index (κ2) is 8.33. The van der Waals surface area contributed by atoms with Crippen molar-refractivity contribution < 1.29 is 23.1 Å². The number of nitrogens with zero attached hydrogens (tertiary/aromatic N) is 2. The zero-order chi connectivity index (χ0) is 20.5. The summed E-state index contributed by atoms with van der Waals surface area (Å²) in [5.41, 5.74) is 6.04. The minimum Gasteiger partial charge on any atom is -0.370 e. The number of nitrogens with two attached hydrogens (primary N) is 1. The molecule has 2 amide bonds. The lowest BCUT2D eigenvalue weighted by Crippen LogP contribution is -2.50. The summed E-state index contributed by atoms with van der Waals surface area (Å²) in [7, 11) is 0. The largest absolute Gasteiger partial charge is 0.370 e. The Morgan fingerprint density at radius 1 is 1.28 bits per heavy atom. The maximum Gasteiger partial charge on any atom is 0.265 e. The highest BCUT2D eigenvalue weighted by atomic mass is 19.3. The molecular formula is C20H26F2N4O3. The molecule has 3 N–H and O–H groups in total. The smallest absolute Gasteiger partial charge is 0.265 e. The van der Waals surface area contributed by atoms with Gasteiger partial charge >= 0.3 is 0 Å². The lowest BCUT2D eigenvalue weighted by Gasteiger charge is -2.30. The first kappa shape index (κ1) is 20.2. The maximum absolute atomic E-state index is 13.7. The van der Waals surface area contributed by atoms with Crippen molar-refractivity contribution in [3.63, 3.8) is 0 Å². The first-order chi connectivity index (χ1) is 14.0. The quantitative estimate of drug-likeness (QED) is 0.686. The molecule has 0 radical (unpaired) electrons. The number of rotatable bonds is 8.